The largest absolute Gasteiger partial charge is 0.491 e. The molecule has 2 aromatic carbocycles. The predicted molar refractivity (Wildman–Crippen MR) is 169 cm³/mol. The topological polar surface area (TPSA) is 139 Å². The van der Waals surface area contributed by atoms with Crippen molar-refractivity contribution in [1.29, 1.82) is 0 Å². The number of hydrogen-bond donors (Lipinski definition) is 4. The Morgan fingerprint density at radius 3 is 1.95 bits per heavy atom. The van der Waals surface area contributed by atoms with E-state index < -0.39 is 20.0 Å². The third kappa shape index (κ3) is 8.22. The Labute approximate surface area is 248 Å². The van der Waals surface area contributed by atoms with Gasteiger partial charge in [-0.15, -0.1) is 0 Å². The van der Waals surface area contributed by atoms with E-state index in [1.54, 1.807) is 18.4 Å². The van der Waals surface area contributed by atoms with E-state index in [4.69, 9.17) is 9.15 Å². The van der Waals surface area contributed by atoms with Crippen LogP contribution in [0, 0.1) is 0 Å². The van der Waals surface area contributed by atoms with E-state index in [1.165, 1.54) is 17.0 Å². The molecule has 0 unspecified atom stereocenters. The van der Waals surface area contributed by atoms with Crippen LogP contribution in [0.1, 0.15) is 43.4 Å². The van der Waals surface area contributed by atoms with E-state index in [1.807, 2.05) is 32.0 Å². The minimum Gasteiger partial charge on any atom is -0.491 e. The Morgan fingerprint density at radius 2 is 1.36 bits per heavy atom. The molecule has 3 aromatic rings. The van der Waals surface area contributed by atoms with Crippen LogP contribution in [0.4, 0.5) is 11.4 Å². The van der Waals surface area contributed by atoms with E-state index in [2.05, 4.69) is 32.2 Å². The van der Waals surface area contributed by atoms with Gasteiger partial charge in [0.15, 0.2) is 5.58 Å². The van der Waals surface area contributed by atoms with E-state index in [-0.39, 0.29) is 0 Å². The first-order chi connectivity index (χ1) is 20.1. The number of furan rings is 1. The SMILES string of the molecule is CC.CS(=O)(=O)Nc1ccc(CC2=CCCN2)c2c1OCC2.CS(=O)(=O)Nc1ccc(CC2=CCCN2)c2ccoc12. The minimum absolute atomic E-state index is 0.476. The number of hydrogen-bond acceptors (Lipinski definition) is 8. The van der Waals surface area contributed by atoms with Gasteiger partial charge in [0.2, 0.25) is 20.0 Å². The molecule has 0 saturated heterocycles. The zero-order valence-electron chi connectivity index (χ0n) is 24.5. The molecule has 0 spiro atoms. The number of fused-ring (bicyclic) bond motifs is 2. The molecule has 42 heavy (non-hydrogen) atoms. The lowest BCUT2D eigenvalue weighted by molar-refractivity contribution is 0.358. The quantitative estimate of drug-likeness (QED) is 0.287. The van der Waals surface area contributed by atoms with Crippen molar-refractivity contribution in [2.75, 3.05) is 41.7 Å². The fraction of sp³-hybridized carbons (Fsp3) is 0.400. The van der Waals surface area contributed by atoms with Gasteiger partial charge in [-0.1, -0.05) is 38.1 Å². The molecule has 4 N–H and O–H groups in total. The van der Waals surface area contributed by atoms with Crippen molar-refractivity contribution in [2.45, 2.75) is 46.0 Å². The monoisotopic (exact) mass is 616 g/mol. The van der Waals surface area contributed by atoms with Gasteiger partial charge in [-0.05, 0) is 42.2 Å². The summed E-state index contributed by atoms with van der Waals surface area (Å²) in [7, 11) is -6.60. The van der Waals surface area contributed by atoms with Gasteiger partial charge in [-0.2, -0.15) is 0 Å². The Hall–Kier alpha value is -3.64. The molecule has 4 heterocycles. The van der Waals surface area contributed by atoms with Crippen LogP contribution in [-0.2, 0) is 39.3 Å². The highest BCUT2D eigenvalue weighted by atomic mass is 32.2. The van der Waals surface area contributed by atoms with Crippen molar-refractivity contribution >= 4 is 42.4 Å². The molecule has 0 fully saturated rings. The zero-order chi connectivity index (χ0) is 30.3. The van der Waals surface area contributed by atoms with Crippen LogP contribution in [0.2, 0.25) is 0 Å². The highest BCUT2D eigenvalue weighted by Crippen LogP contribution is 2.37. The molecule has 0 amide bonds. The highest BCUT2D eigenvalue weighted by Gasteiger charge is 2.22. The standard InChI is InChI=1S/C14H18N2O3S.C14H16N2O3S.C2H6/c2*1-20(17,18)16-13-5-4-10(9-11-3-2-7-15-11)12-6-8-19-14(12)13;1-2/h3-5,15-16H,2,6-9H2,1H3;3-6,8,15-16H,2,7,9H2,1H3;1-2H3. The summed E-state index contributed by atoms with van der Waals surface area (Å²) < 4.78 is 61.5. The number of nitrogens with one attached hydrogen (secondary N) is 4. The number of sulfonamides is 2. The summed E-state index contributed by atoms with van der Waals surface area (Å²) in [6, 6.07) is 9.33. The van der Waals surface area contributed by atoms with Crippen LogP contribution < -0.4 is 24.8 Å². The van der Waals surface area contributed by atoms with Gasteiger partial charge in [-0.25, -0.2) is 16.8 Å². The van der Waals surface area contributed by atoms with Crippen LogP contribution in [0.3, 0.4) is 0 Å². The molecule has 0 saturated carbocycles. The molecule has 6 rings (SSSR count). The number of anilines is 2. The average molecular weight is 617 g/mol. The summed E-state index contributed by atoms with van der Waals surface area (Å²) in [6.45, 7) is 6.59. The van der Waals surface area contributed by atoms with Crippen molar-refractivity contribution in [3.63, 3.8) is 0 Å². The van der Waals surface area contributed by atoms with Gasteiger partial charge in [0.05, 0.1) is 36.8 Å². The smallest absolute Gasteiger partial charge is 0.229 e. The van der Waals surface area contributed by atoms with Gasteiger partial charge in [0.25, 0.3) is 0 Å². The van der Waals surface area contributed by atoms with Crippen LogP contribution in [0.15, 0.2) is 64.6 Å². The molecule has 3 aliphatic rings. The number of rotatable bonds is 8. The minimum atomic E-state index is -3.32. The van der Waals surface area contributed by atoms with Gasteiger partial charge < -0.3 is 19.8 Å². The number of allylic oxidation sites excluding steroid dienone is 2. The number of benzene rings is 2. The second-order valence-corrected chi connectivity index (χ2v) is 13.6. The molecule has 12 heteroatoms. The Kier molecular flexibility index (Phi) is 10.1. The molecule has 0 atom stereocenters. The second kappa shape index (κ2) is 13.6. The lowest BCUT2D eigenvalue weighted by Crippen LogP contribution is -2.12. The van der Waals surface area contributed by atoms with Crippen molar-refractivity contribution in [3.8, 4) is 5.75 Å². The predicted octanol–water partition coefficient (Wildman–Crippen LogP) is 4.66. The van der Waals surface area contributed by atoms with Crippen LogP contribution in [0.25, 0.3) is 11.0 Å². The number of ether oxygens (including phenoxy) is 1. The van der Waals surface area contributed by atoms with Crippen molar-refractivity contribution in [1.82, 2.24) is 10.6 Å². The van der Waals surface area contributed by atoms with Crippen LogP contribution in [-0.4, -0.2) is 49.0 Å². The van der Waals surface area contributed by atoms with E-state index in [0.717, 1.165) is 74.2 Å². The Morgan fingerprint density at radius 1 is 0.786 bits per heavy atom. The third-order valence-electron chi connectivity index (χ3n) is 6.79. The molecule has 228 valence electrons. The van der Waals surface area contributed by atoms with Gasteiger partial charge in [0.1, 0.15) is 5.75 Å². The summed E-state index contributed by atoms with van der Waals surface area (Å²) in [5.74, 6) is 0.687. The summed E-state index contributed by atoms with van der Waals surface area (Å²) in [5.41, 5.74) is 7.48. The molecule has 3 aliphatic heterocycles. The highest BCUT2D eigenvalue weighted by molar-refractivity contribution is 7.92. The normalized spacial score (nSPS) is 15.5. The molecule has 10 nitrogen and oxygen atoms in total. The first-order valence-corrected chi connectivity index (χ1v) is 17.9. The lowest BCUT2D eigenvalue weighted by atomic mass is 10.00. The molecule has 1 aromatic heterocycles. The lowest BCUT2D eigenvalue weighted by Gasteiger charge is -2.13. The van der Waals surface area contributed by atoms with Crippen LogP contribution in [0.5, 0.6) is 5.75 Å². The van der Waals surface area contributed by atoms with Crippen molar-refractivity contribution in [2.24, 2.45) is 0 Å². The van der Waals surface area contributed by atoms with Crippen LogP contribution >= 0.6 is 0 Å². The summed E-state index contributed by atoms with van der Waals surface area (Å²) in [6.07, 6.45) is 12.9. The zero-order valence-corrected chi connectivity index (χ0v) is 26.2. The first kappa shape index (κ1) is 31.3. The van der Waals surface area contributed by atoms with Gasteiger partial charge in [-0.3, -0.25) is 9.44 Å². The Bertz CT molecular complexity index is 1690. The van der Waals surface area contributed by atoms with Crippen molar-refractivity contribution in [3.05, 3.63) is 76.8 Å². The van der Waals surface area contributed by atoms with Gasteiger partial charge >= 0.3 is 0 Å². The molecular weight excluding hydrogens is 576 g/mol. The second-order valence-electron chi connectivity index (χ2n) is 10.1. The maximum absolute atomic E-state index is 11.4. The van der Waals surface area contributed by atoms with E-state index in [9.17, 15) is 16.8 Å². The van der Waals surface area contributed by atoms with Gasteiger partial charge in [0, 0.05) is 54.7 Å². The maximum atomic E-state index is 11.4. The molecule has 0 aliphatic carbocycles. The fourth-order valence-corrected chi connectivity index (χ4v) is 6.27. The summed E-state index contributed by atoms with van der Waals surface area (Å²) >= 11 is 0. The molecular formula is C30H40N4O6S2. The van der Waals surface area contributed by atoms with E-state index in [0.29, 0.717) is 29.3 Å². The summed E-state index contributed by atoms with van der Waals surface area (Å²) in [5, 5.41) is 7.63. The molecule has 0 bridgehead atoms. The Balaban J connectivity index is 0.000000182. The van der Waals surface area contributed by atoms with E-state index >= 15 is 0 Å². The first-order valence-electron chi connectivity index (χ1n) is 14.1. The summed E-state index contributed by atoms with van der Waals surface area (Å²) in [4.78, 5) is 0. The van der Waals surface area contributed by atoms with Crippen molar-refractivity contribution < 1.29 is 26.0 Å². The fourth-order valence-electron chi connectivity index (χ4n) is 5.15. The average Bonchev–Trinajstić information content (AvgIpc) is 3.74. The molecule has 0 radical (unpaired) electrons. The maximum Gasteiger partial charge on any atom is 0.229 e. The third-order valence-corrected chi connectivity index (χ3v) is 7.97.